The van der Waals surface area contributed by atoms with Gasteiger partial charge in [0, 0.05) is 36.1 Å². The number of nitrogens with zero attached hydrogens (tertiary/aromatic N) is 5. The summed E-state index contributed by atoms with van der Waals surface area (Å²) < 4.78 is 7.66. The minimum atomic E-state index is -1.24. The Kier molecular flexibility index (Phi) is 5.82. The highest BCUT2D eigenvalue weighted by Crippen LogP contribution is 2.40. The second-order valence-corrected chi connectivity index (χ2v) is 12.4. The summed E-state index contributed by atoms with van der Waals surface area (Å²) in [6, 6.07) is 13.1. The second-order valence-electron chi connectivity index (χ2n) is 9.46. The highest BCUT2D eigenvalue weighted by atomic mass is 32.2. The lowest BCUT2D eigenvalue weighted by atomic mass is 10.1. The van der Waals surface area contributed by atoms with Gasteiger partial charge in [-0.05, 0) is 61.9 Å². The summed E-state index contributed by atoms with van der Waals surface area (Å²) >= 11 is 12.4. The van der Waals surface area contributed by atoms with Gasteiger partial charge in [-0.3, -0.25) is 9.78 Å². The van der Waals surface area contributed by atoms with Gasteiger partial charge in [0.05, 0.1) is 22.3 Å². The fraction of sp³-hybridized carbons (Fsp3) is 0.308. The zero-order valence-corrected chi connectivity index (χ0v) is 21.9. The standard InChI is InChI=1S/C26H23N5O2S3/c27-11-18-14-30(13-15-1-2-15)24-22(17-5-10-21(28-12-17)16-3-4-16)25(32)31(29-23(18)24)19-6-8-20(9-7-19)33-26(34,35)36/h5-10,12,14-16,34-36H,1-4,13H2. The van der Waals surface area contributed by atoms with Crippen molar-refractivity contribution in [3.8, 4) is 28.6 Å². The summed E-state index contributed by atoms with van der Waals surface area (Å²) in [5, 5.41) is 14.6. The fourth-order valence-corrected chi connectivity index (χ4v) is 4.80. The minimum absolute atomic E-state index is 0.274. The van der Waals surface area contributed by atoms with Gasteiger partial charge < -0.3 is 9.30 Å². The van der Waals surface area contributed by atoms with E-state index >= 15 is 0 Å². The van der Waals surface area contributed by atoms with E-state index in [1.165, 1.54) is 4.68 Å². The van der Waals surface area contributed by atoms with E-state index in [2.05, 4.69) is 54.0 Å². The van der Waals surface area contributed by atoms with Crippen LogP contribution in [0, 0.1) is 17.2 Å². The quantitative estimate of drug-likeness (QED) is 0.225. The van der Waals surface area contributed by atoms with Crippen LogP contribution >= 0.6 is 37.9 Å². The number of hydrogen-bond donors (Lipinski definition) is 3. The molecule has 2 fully saturated rings. The van der Waals surface area contributed by atoms with E-state index < -0.39 is 3.60 Å². The van der Waals surface area contributed by atoms with Crippen molar-refractivity contribution in [1.82, 2.24) is 19.3 Å². The van der Waals surface area contributed by atoms with E-state index in [1.54, 1.807) is 30.5 Å². The molecule has 2 saturated carbocycles. The van der Waals surface area contributed by atoms with Crippen LogP contribution < -0.4 is 10.3 Å². The molecule has 0 aliphatic heterocycles. The molecule has 0 radical (unpaired) electrons. The second kappa shape index (κ2) is 8.91. The maximum Gasteiger partial charge on any atom is 0.281 e. The first-order valence-corrected chi connectivity index (χ1v) is 13.1. The first-order valence-electron chi connectivity index (χ1n) is 11.8. The van der Waals surface area contributed by atoms with Crippen LogP contribution in [0.15, 0.2) is 53.6 Å². The lowest BCUT2D eigenvalue weighted by Gasteiger charge is -2.18. The van der Waals surface area contributed by atoms with Crippen molar-refractivity contribution in [2.75, 3.05) is 0 Å². The summed E-state index contributed by atoms with van der Waals surface area (Å²) in [7, 11) is 0. The average molecular weight is 534 g/mol. The molecule has 1 aromatic carbocycles. The normalized spacial score (nSPS) is 15.7. The monoisotopic (exact) mass is 533 g/mol. The van der Waals surface area contributed by atoms with Gasteiger partial charge in [-0.15, -0.1) is 37.9 Å². The summed E-state index contributed by atoms with van der Waals surface area (Å²) in [5.41, 5.74) is 4.16. The lowest BCUT2D eigenvalue weighted by molar-refractivity contribution is 0.345. The summed E-state index contributed by atoms with van der Waals surface area (Å²) in [6.07, 6.45) is 8.21. The largest absolute Gasteiger partial charge is 0.459 e. The Morgan fingerprint density at radius 3 is 2.42 bits per heavy atom. The molecular formula is C26H23N5O2S3. The molecule has 3 heterocycles. The third kappa shape index (κ3) is 4.63. The van der Waals surface area contributed by atoms with Gasteiger partial charge in [0.1, 0.15) is 17.3 Å². The molecule has 7 nitrogen and oxygen atoms in total. The minimum Gasteiger partial charge on any atom is -0.459 e. The van der Waals surface area contributed by atoms with E-state index in [1.807, 2.05) is 22.9 Å². The lowest BCUT2D eigenvalue weighted by Crippen LogP contribution is -2.24. The van der Waals surface area contributed by atoms with Crippen molar-refractivity contribution in [1.29, 1.82) is 5.26 Å². The smallest absolute Gasteiger partial charge is 0.281 e. The Morgan fingerprint density at radius 1 is 1.08 bits per heavy atom. The Bertz CT molecular complexity index is 1560. The van der Waals surface area contributed by atoms with Crippen LogP contribution in [0.1, 0.15) is 42.9 Å². The van der Waals surface area contributed by atoms with Crippen molar-refractivity contribution in [3.63, 3.8) is 0 Å². The number of nitriles is 1. The van der Waals surface area contributed by atoms with Crippen LogP contribution in [0.5, 0.6) is 5.75 Å². The Morgan fingerprint density at radius 2 is 1.83 bits per heavy atom. The Labute approximate surface area is 224 Å². The first-order chi connectivity index (χ1) is 17.3. The number of thiol groups is 3. The van der Waals surface area contributed by atoms with Gasteiger partial charge in [-0.2, -0.15) is 15.0 Å². The predicted octanol–water partition coefficient (Wildman–Crippen LogP) is 5.19. The molecule has 2 aliphatic rings. The highest BCUT2D eigenvalue weighted by molar-refractivity contribution is 8.16. The highest BCUT2D eigenvalue weighted by Gasteiger charge is 2.28. The summed E-state index contributed by atoms with van der Waals surface area (Å²) in [5.74, 6) is 1.56. The molecular weight excluding hydrogens is 511 g/mol. The SMILES string of the molecule is N#Cc1cn(CC2CC2)c2c(-c3ccc(C4CC4)nc3)c(=O)n(-c3ccc(OC(S)(S)S)cc3)nc12. The van der Waals surface area contributed by atoms with Crippen LogP contribution in [0.4, 0.5) is 0 Å². The van der Waals surface area contributed by atoms with E-state index in [9.17, 15) is 10.1 Å². The molecule has 3 aromatic heterocycles. The van der Waals surface area contributed by atoms with Gasteiger partial charge in [0.15, 0.2) is 0 Å². The van der Waals surface area contributed by atoms with E-state index in [-0.39, 0.29) is 5.56 Å². The van der Waals surface area contributed by atoms with Crippen molar-refractivity contribution in [2.24, 2.45) is 5.92 Å². The van der Waals surface area contributed by atoms with Crippen LogP contribution in [0.2, 0.25) is 0 Å². The number of hydrogen-bond acceptors (Lipinski definition) is 8. The molecule has 10 heteroatoms. The molecule has 0 spiro atoms. The predicted molar refractivity (Wildman–Crippen MR) is 148 cm³/mol. The molecule has 0 N–H and O–H groups in total. The maximum atomic E-state index is 14.0. The summed E-state index contributed by atoms with van der Waals surface area (Å²) in [4.78, 5) is 18.7. The van der Waals surface area contributed by atoms with Crippen LogP contribution in [-0.2, 0) is 6.54 Å². The number of ether oxygens (including phenoxy) is 1. The average Bonchev–Trinajstić information content (AvgIpc) is 3.77. The number of fused-ring (bicyclic) bond motifs is 1. The van der Waals surface area contributed by atoms with Gasteiger partial charge in [0.2, 0.25) is 3.60 Å². The number of benzene rings is 1. The zero-order chi connectivity index (χ0) is 25.0. The summed E-state index contributed by atoms with van der Waals surface area (Å²) in [6.45, 7) is 0.759. The van der Waals surface area contributed by atoms with E-state index in [4.69, 9.17) is 4.74 Å². The third-order valence-corrected chi connectivity index (χ3v) is 6.85. The van der Waals surface area contributed by atoms with Gasteiger partial charge in [-0.1, -0.05) is 6.07 Å². The molecule has 0 bridgehead atoms. The number of rotatable bonds is 7. The molecule has 0 atom stereocenters. The van der Waals surface area contributed by atoms with Crippen molar-refractivity contribution >= 4 is 48.9 Å². The van der Waals surface area contributed by atoms with Gasteiger partial charge in [0.25, 0.3) is 5.56 Å². The molecule has 0 amide bonds. The van der Waals surface area contributed by atoms with Crippen LogP contribution in [0.3, 0.4) is 0 Å². The molecule has 2 aliphatic carbocycles. The molecule has 182 valence electrons. The Hall–Kier alpha value is -2.87. The molecule has 6 rings (SSSR count). The van der Waals surface area contributed by atoms with Crippen molar-refractivity contribution in [3.05, 3.63) is 70.4 Å². The number of pyridine rings is 1. The van der Waals surface area contributed by atoms with Crippen LogP contribution in [0.25, 0.3) is 27.8 Å². The number of aromatic nitrogens is 4. The fourth-order valence-electron chi connectivity index (χ4n) is 4.49. The zero-order valence-electron chi connectivity index (χ0n) is 19.2. The Balaban J connectivity index is 1.54. The van der Waals surface area contributed by atoms with Gasteiger partial charge in [-0.25, -0.2) is 0 Å². The molecule has 0 saturated heterocycles. The topological polar surface area (TPSA) is 85.7 Å². The molecule has 4 aromatic rings. The molecule has 36 heavy (non-hydrogen) atoms. The van der Waals surface area contributed by atoms with Crippen molar-refractivity contribution < 1.29 is 4.74 Å². The van der Waals surface area contributed by atoms with E-state index in [0.717, 1.165) is 43.5 Å². The van der Waals surface area contributed by atoms with E-state index in [0.29, 0.717) is 45.4 Å². The van der Waals surface area contributed by atoms with Crippen molar-refractivity contribution in [2.45, 2.75) is 41.7 Å². The first kappa shape index (κ1) is 23.5. The maximum absolute atomic E-state index is 14.0. The molecule has 0 unspecified atom stereocenters. The van der Waals surface area contributed by atoms with Gasteiger partial charge >= 0.3 is 0 Å². The third-order valence-electron chi connectivity index (χ3n) is 6.57. The van der Waals surface area contributed by atoms with Crippen LogP contribution in [-0.4, -0.2) is 22.9 Å².